The predicted octanol–water partition coefficient (Wildman–Crippen LogP) is 6.04. The zero-order valence-electron chi connectivity index (χ0n) is 22.6. The van der Waals surface area contributed by atoms with Crippen molar-refractivity contribution in [3.8, 4) is 11.5 Å². The Balaban J connectivity index is 1.27. The lowest BCUT2D eigenvalue weighted by Crippen LogP contribution is -2.40. The second-order valence-corrected chi connectivity index (χ2v) is 10.3. The van der Waals surface area contributed by atoms with Crippen molar-refractivity contribution >= 4 is 17.5 Å². The SMILES string of the molecule is C=CCOc1ccc(Nc2ccc[n+](CCCOc3cccc4c3CCN(C(=O)OC(C)(C)C)C4)c2)cc1. The summed E-state index contributed by atoms with van der Waals surface area (Å²) in [7, 11) is 0. The summed E-state index contributed by atoms with van der Waals surface area (Å²) in [6, 6.07) is 18.0. The maximum absolute atomic E-state index is 12.5. The molecule has 1 aliphatic rings. The third-order valence-electron chi connectivity index (χ3n) is 6.06. The van der Waals surface area contributed by atoms with Crippen LogP contribution < -0.4 is 19.4 Å². The number of aryl methyl sites for hydroxylation is 1. The van der Waals surface area contributed by atoms with E-state index in [1.165, 1.54) is 5.56 Å². The van der Waals surface area contributed by atoms with Crippen LogP contribution in [-0.4, -0.2) is 36.4 Å². The summed E-state index contributed by atoms with van der Waals surface area (Å²) in [5, 5.41) is 3.44. The molecule has 7 heteroatoms. The molecule has 0 radical (unpaired) electrons. The number of nitrogens with zero attached hydrogens (tertiary/aromatic N) is 2. The number of ether oxygens (including phenoxy) is 3. The highest BCUT2D eigenvalue weighted by Gasteiger charge is 2.27. The fourth-order valence-electron chi connectivity index (χ4n) is 4.31. The molecule has 0 atom stereocenters. The Morgan fingerprint density at radius 1 is 1.08 bits per heavy atom. The molecule has 1 N–H and O–H groups in total. The maximum atomic E-state index is 12.5. The molecule has 0 spiro atoms. The molecular weight excluding hydrogens is 478 g/mol. The lowest BCUT2D eigenvalue weighted by Gasteiger charge is -2.31. The van der Waals surface area contributed by atoms with Crippen LogP contribution in [0, 0.1) is 0 Å². The van der Waals surface area contributed by atoms with Crippen LogP contribution in [0.2, 0.25) is 0 Å². The molecule has 3 aromatic rings. The minimum absolute atomic E-state index is 0.266. The number of anilines is 2. The normalized spacial score (nSPS) is 12.9. The van der Waals surface area contributed by atoms with Gasteiger partial charge >= 0.3 is 6.09 Å². The summed E-state index contributed by atoms with van der Waals surface area (Å²) in [6.07, 6.45) is 7.25. The molecule has 38 heavy (non-hydrogen) atoms. The highest BCUT2D eigenvalue weighted by Crippen LogP contribution is 2.29. The molecule has 1 amide bonds. The Morgan fingerprint density at radius 3 is 2.66 bits per heavy atom. The van der Waals surface area contributed by atoms with E-state index in [4.69, 9.17) is 14.2 Å². The molecule has 2 aromatic carbocycles. The van der Waals surface area contributed by atoms with Gasteiger partial charge in [0.05, 0.1) is 6.61 Å². The Morgan fingerprint density at radius 2 is 1.89 bits per heavy atom. The fourth-order valence-corrected chi connectivity index (χ4v) is 4.31. The molecule has 200 valence electrons. The summed E-state index contributed by atoms with van der Waals surface area (Å²) in [5.74, 6) is 1.73. The zero-order valence-corrected chi connectivity index (χ0v) is 22.6. The summed E-state index contributed by atoms with van der Waals surface area (Å²) < 4.78 is 19.4. The molecule has 1 aromatic heterocycles. The summed E-state index contributed by atoms with van der Waals surface area (Å²) in [6.45, 7) is 12.5. The van der Waals surface area contributed by atoms with Crippen LogP contribution in [0.25, 0.3) is 0 Å². The Labute approximate surface area is 225 Å². The third kappa shape index (κ3) is 7.75. The van der Waals surface area contributed by atoms with E-state index in [0.717, 1.165) is 47.8 Å². The highest BCUT2D eigenvalue weighted by molar-refractivity contribution is 5.69. The molecule has 2 heterocycles. The highest BCUT2D eigenvalue weighted by atomic mass is 16.6. The second-order valence-electron chi connectivity index (χ2n) is 10.3. The smallest absolute Gasteiger partial charge is 0.410 e. The number of amides is 1. The molecule has 0 aliphatic carbocycles. The fraction of sp³-hybridized carbons (Fsp3) is 0.355. The van der Waals surface area contributed by atoms with Crippen LogP contribution >= 0.6 is 0 Å². The zero-order chi connectivity index (χ0) is 27.0. The number of pyridine rings is 1. The van der Waals surface area contributed by atoms with Gasteiger partial charge in [-0.2, -0.15) is 0 Å². The van der Waals surface area contributed by atoms with Crippen molar-refractivity contribution in [1.29, 1.82) is 0 Å². The summed E-state index contributed by atoms with van der Waals surface area (Å²) in [5.41, 5.74) is 3.82. The van der Waals surface area contributed by atoms with Crippen molar-refractivity contribution in [2.75, 3.05) is 25.1 Å². The van der Waals surface area contributed by atoms with E-state index in [1.54, 1.807) is 11.0 Å². The van der Waals surface area contributed by atoms with E-state index >= 15 is 0 Å². The maximum Gasteiger partial charge on any atom is 0.410 e. The first-order valence-corrected chi connectivity index (χ1v) is 13.1. The van der Waals surface area contributed by atoms with Crippen LogP contribution in [0.5, 0.6) is 11.5 Å². The van der Waals surface area contributed by atoms with Gasteiger partial charge in [0.2, 0.25) is 0 Å². The van der Waals surface area contributed by atoms with E-state index in [-0.39, 0.29) is 6.09 Å². The number of hydrogen-bond donors (Lipinski definition) is 1. The van der Waals surface area contributed by atoms with Gasteiger partial charge in [-0.3, -0.25) is 0 Å². The molecule has 0 fully saturated rings. The van der Waals surface area contributed by atoms with Crippen molar-refractivity contribution in [2.45, 2.75) is 52.3 Å². The van der Waals surface area contributed by atoms with Gasteiger partial charge in [-0.1, -0.05) is 24.8 Å². The quantitative estimate of drug-likeness (QED) is 0.202. The van der Waals surface area contributed by atoms with E-state index in [9.17, 15) is 4.79 Å². The van der Waals surface area contributed by atoms with Crippen molar-refractivity contribution in [3.63, 3.8) is 0 Å². The van der Waals surface area contributed by atoms with Crippen molar-refractivity contribution in [3.05, 3.63) is 90.8 Å². The van der Waals surface area contributed by atoms with Gasteiger partial charge in [0.25, 0.3) is 0 Å². The van der Waals surface area contributed by atoms with Gasteiger partial charge in [0.15, 0.2) is 18.9 Å². The van der Waals surface area contributed by atoms with Crippen LogP contribution in [0.3, 0.4) is 0 Å². The molecule has 1 aliphatic heterocycles. The third-order valence-corrected chi connectivity index (χ3v) is 6.06. The number of fused-ring (bicyclic) bond motifs is 1. The molecule has 0 saturated heterocycles. The van der Waals surface area contributed by atoms with Gasteiger partial charge in [-0.25, -0.2) is 9.36 Å². The number of rotatable bonds is 10. The van der Waals surface area contributed by atoms with Gasteiger partial charge in [0.1, 0.15) is 29.4 Å². The lowest BCUT2D eigenvalue weighted by molar-refractivity contribution is -0.696. The number of benzene rings is 2. The first-order chi connectivity index (χ1) is 18.3. The Kier molecular flexibility index (Phi) is 8.89. The Hall–Kier alpha value is -4.00. The summed E-state index contributed by atoms with van der Waals surface area (Å²) >= 11 is 0. The van der Waals surface area contributed by atoms with Gasteiger partial charge < -0.3 is 24.4 Å². The predicted molar refractivity (Wildman–Crippen MR) is 149 cm³/mol. The van der Waals surface area contributed by atoms with Gasteiger partial charge in [-0.05, 0) is 69.2 Å². The van der Waals surface area contributed by atoms with E-state index in [2.05, 4.69) is 34.9 Å². The minimum atomic E-state index is -0.498. The average Bonchev–Trinajstić information content (AvgIpc) is 2.90. The van der Waals surface area contributed by atoms with E-state index < -0.39 is 5.60 Å². The van der Waals surface area contributed by atoms with E-state index in [0.29, 0.717) is 26.3 Å². The molecule has 0 bridgehead atoms. The topological polar surface area (TPSA) is 63.9 Å². The number of carbonyl (C=O) groups is 1. The lowest BCUT2D eigenvalue weighted by atomic mass is 9.99. The number of hydrogen-bond acceptors (Lipinski definition) is 5. The van der Waals surface area contributed by atoms with Gasteiger partial charge in [-0.15, -0.1) is 0 Å². The molecule has 0 unspecified atom stereocenters. The molecule has 4 rings (SSSR count). The van der Waals surface area contributed by atoms with Crippen molar-refractivity contribution in [1.82, 2.24) is 4.90 Å². The number of nitrogens with one attached hydrogen (secondary N) is 1. The monoisotopic (exact) mass is 516 g/mol. The summed E-state index contributed by atoms with van der Waals surface area (Å²) in [4.78, 5) is 14.3. The number of carbonyl (C=O) groups excluding carboxylic acids is 1. The van der Waals surface area contributed by atoms with Crippen LogP contribution in [-0.2, 0) is 24.2 Å². The number of aromatic nitrogens is 1. The van der Waals surface area contributed by atoms with Crippen molar-refractivity contribution < 1.29 is 23.6 Å². The molecule has 0 saturated carbocycles. The first-order valence-electron chi connectivity index (χ1n) is 13.1. The van der Waals surface area contributed by atoms with Crippen LogP contribution in [0.1, 0.15) is 38.3 Å². The van der Waals surface area contributed by atoms with E-state index in [1.807, 2.05) is 69.3 Å². The molecular formula is C31H38N3O4+. The van der Waals surface area contributed by atoms with Crippen LogP contribution in [0.15, 0.2) is 79.6 Å². The molecule has 7 nitrogen and oxygen atoms in total. The average molecular weight is 517 g/mol. The van der Waals surface area contributed by atoms with Gasteiger partial charge in [0, 0.05) is 36.8 Å². The van der Waals surface area contributed by atoms with Crippen molar-refractivity contribution in [2.24, 2.45) is 0 Å². The standard InChI is InChI=1S/C31H38N3O4/c1-5-20-36-27-14-12-25(13-15-27)32-26-10-7-17-33(23-26)18-8-21-37-29-11-6-9-24-22-34(19-16-28(24)29)30(35)38-31(2,3)4/h5-7,9-15,17,23,32H,1,8,16,18-22H2,2-4H3/q+1. The Bertz CT molecular complexity index is 1230. The van der Waals surface area contributed by atoms with Crippen LogP contribution in [0.4, 0.5) is 16.2 Å². The second kappa shape index (κ2) is 12.5. The first kappa shape index (κ1) is 27.0. The largest absolute Gasteiger partial charge is 0.493 e. The minimum Gasteiger partial charge on any atom is -0.493 e.